The van der Waals surface area contributed by atoms with Crippen LogP contribution in [0.15, 0.2) is 42.5 Å². The molecule has 0 saturated carbocycles. The van der Waals surface area contributed by atoms with Crippen LogP contribution in [0.1, 0.15) is 43.1 Å². The molecule has 0 fully saturated rings. The van der Waals surface area contributed by atoms with E-state index >= 15 is 0 Å². The first-order valence-electron chi connectivity index (χ1n) is 7.44. The van der Waals surface area contributed by atoms with Crippen LogP contribution in [0.25, 0.3) is 11.1 Å². The quantitative estimate of drug-likeness (QED) is 0.764. The molecule has 0 radical (unpaired) electrons. The third-order valence-corrected chi connectivity index (χ3v) is 3.90. The van der Waals surface area contributed by atoms with Crippen molar-refractivity contribution in [2.24, 2.45) is 0 Å². The highest BCUT2D eigenvalue weighted by atomic mass is 16.5. The molecule has 108 valence electrons. The van der Waals surface area contributed by atoms with Gasteiger partial charge in [0.2, 0.25) is 0 Å². The number of Topliss-reactive ketones (excluding diaryl/α,β-unsaturated/α-hetero) is 1. The van der Waals surface area contributed by atoms with Crippen molar-refractivity contribution in [3.8, 4) is 16.9 Å². The summed E-state index contributed by atoms with van der Waals surface area (Å²) in [7, 11) is 0. The minimum Gasteiger partial charge on any atom is -0.487 e. The first-order valence-corrected chi connectivity index (χ1v) is 7.44. The predicted octanol–water partition coefficient (Wildman–Crippen LogP) is 4.66. The van der Waals surface area contributed by atoms with Crippen molar-refractivity contribution in [2.45, 2.75) is 39.2 Å². The van der Waals surface area contributed by atoms with Gasteiger partial charge in [-0.15, -0.1) is 0 Å². The van der Waals surface area contributed by atoms with Crippen LogP contribution in [0, 0.1) is 0 Å². The van der Waals surface area contributed by atoms with E-state index in [9.17, 15) is 4.79 Å². The lowest BCUT2D eigenvalue weighted by molar-refractivity contribution is 0.0988. The van der Waals surface area contributed by atoms with E-state index < -0.39 is 0 Å². The van der Waals surface area contributed by atoms with Crippen molar-refractivity contribution in [1.82, 2.24) is 0 Å². The number of carbonyl (C=O) groups excluding carboxylic acids is 1. The molecule has 1 aliphatic heterocycles. The SMILES string of the molecule is CCC(=O)c1cccc(-c2ccc3c(c2)CC(C)(C)O3)c1. The zero-order chi connectivity index (χ0) is 15.0. The Balaban J connectivity index is 1.98. The van der Waals surface area contributed by atoms with Crippen molar-refractivity contribution in [3.63, 3.8) is 0 Å². The van der Waals surface area contributed by atoms with E-state index in [4.69, 9.17) is 4.74 Å². The fraction of sp³-hybridized carbons (Fsp3) is 0.316. The molecule has 0 N–H and O–H groups in total. The van der Waals surface area contributed by atoms with Crippen LogP contribution in [-0.4, -0.2) is 11.4 Å². The summed E-state index contributed by atoms with van der Waals surface area (Å²) in [5.74, 6) is 1.16. The summed E-state index contributed by atoms with van der Waals surface area (Å²) in [4.78, 5) is 11.8. The lowest BCUT2D eigenvalue weighted by atomic mass is 9.96. The molecule has 0 spiro atoms. The van der Waals surface area contributed by atoms with Crippen LogP contribution >= 0.6 is 0 Å². The fourth-order valence-corrected chi connectivity index (χ4v) is 2.87. The van der Waals surface area contributed by atoms with Crippen LogP contribution < -0.4 is 4.74 Å². The zero-order valence-electron chi connectivity index (χ0n) is 12.8. The molecule has 1 aliphatic rings. The molecule has 0 amide bonds. The normalized spacial score (nSPS) is 15.4. The van der Waals surface area contributed by atoms with Gasteiger partial charge in [-0.2, -0.15) is 0 Å². The molecule has 0 atom stereocenters. The maximum atomic E-state index is 11.8. The number of ketones is 1. The Bertz CT molecular complexity index is 698. The van der Waals surface area contributed by atoms with Gasteiger partial charge in [0.25, 0.3) is 0 Å². The van der Waals surface area contributed by atoms with Crippen LogP contribution in [0.4, 0.5) is 0 Å². The minimum absolute atomic E-state index is 0.124. The molecule has 0 aromatic heterocycles. The Morgan fingerprint density at radius 3 is 2.67 bits per heavy atom. The van der Waals surface area contributed by atoms with Crippen molar-refractivity contribution in [3.05, 3.63) is 53.6 Å². The molecule has 0 bridgehead atoms. The monoisotopic (exact) mass is 280 g/mol. The van der Waals surface area contributed by atoms with Gasteiger partial charge in [-0.25, -0.2) is 0 Å². The average Bonchev–Trinajstić information content (AvgIpc) is 2.79. The topological polar surface area (TPSA) is 26.3 Å². The lowest BCUT2D eigenvalue weighted by Gasteiger charge is -2.16. The van der Waals surface area contributed by atoms with Gasteiger partial charge >= 0.3 is 0 Å². The summed E-state index contributed by atoms with van der Waals surface area (Å²) in [5.41, 5.74) is 4.13. The number of ether oxygens (including phenoxy) is 1. The van der Waals surface area contributed by atoms with Gasteiger partial charge in [-0.05, 0) is 48.7 Å². The average molecular weight is 280 g/mol. The highest BCUT2D eigenvalue weighted by Crippen LogP contribution is 2.37. The highest BCUT2D eigenvalue weighted by Gasteiger charge is 2.29. The summed E-state index contributed by atoms with van der Waals surface area (Å²) in [6, 6.07) is 14.1. The Morgan fingerprint density at radius 1 is 1.14 bits per heavy atom. The van der Waals surface area contributed by atoms with Crippen molar-refractivity contribution >= 4 is 5.78 Å². The molecule has 2 aromatic rings. The Morgan fingerprint density at radius 2 is 1.90 bits per heavy atom. The molecule has 3 rings (SSSR count). The maximum Gasteiger partial charge on any atom is 0.162 e. The number of hydrogen-bond acceptors (Lipinski definition) is 2. The molecule has 1 heterocycles. The van der Waals surface area contributed by atoms with Crippen LogP contribution in [0.2, 0.25) is 0 Å². The van der Waals surface area contributed by atoms with Crippen molar-refractivity contribution < 1.29 is 9.53 Å². The van der Waals surface area contributed by atoms with E-state index in [2.05, 4.69) is 32.0 Å². The number of hydrogen-bond donors (Lipinski definition) is 0. The van der Waals surface area contributed by atoms with Gasteiger partial charge in [-0.3, -0.25) is 4.79 Å². The van der Waals surface area contributed by atoms with Gasteiger partial charge in [0.1, 0.15) is 11.4 Å². The summed E-state index contributed by atoms with van der Waals surface area (Å²) in [6.07, 6.45) is 1.46. The molecule has 0 aliphatic carbocycles. The zero-order valence-corrected chi connectivity index (χ0v) is 12.8. The van der Waals surface area contributed by atoms with E-state index in [1.54, 1.807) is 0 Å². The predicted molar refractivity (Wildman–Crippen MR) is 84.9 cm³/mol. The van der Waals surface area contributed by atoms with Crippen molar-refractivity contribution in [1.29, 1.82) is 0 Å². The van der Waals surface area contributed by atoms with Gasteiger partial charge in [-0.1, -0.05) is 31.2 Å². The summed E-state index contributed by atoms with van der Waals surface area (Å²) < 4.78 is 5.91. The first kappa shape index (κ1) is 13.9. The van der Waals surface area contributed by atoms with Gasteiger partial charge in [0.15, 0.2) is 5.78 Å². The maximum absolute atomic E-state index is 11.8. The molecule has 2 nitrogen and oxygen atoms in total. The van der Waals surface area contributed by atoms with E-state index in [0.29, 0.717) is 6.42 Å². The lowest BCUT2D eigenvalue weighted by Crippen LogP contribution is -2.24. The van der Waals surface area contributed by atoms with Crippen LogP contribution in [0.5, 0.6) is 5.75 Å². The van der Waals surface area contributed by atoms with Crippen molar-refractivity contribution in [2.75, 3.05) is 0 Å². The number of fused-ring (bicyclic) bond motifs is 1. The third-order valence-electron chi connectivity index (χ3n) is 3.90. The third kappa shape index (κ3) is 2.71. The highest BCUT2D eigenvalue weighted by molar-refractivity contribution is 5.97. The Kier molecular flexibility index (Phi) is 3.32. The molecular formula is C19H20O2. The molecule has 2 heteroatoms. The first-order chi connectivity index (χ1) is 9.98. The second-order valence-corrected chi connectivity index (χ2v) is 6.22. The van der Waals surface area contributed by atoms with E-state index in [-0.39, 0.29) is 11.4 Å². The number of carbonyl (C=O) groups is 1. The molecule has 0 unspecified atom stereocenters. The van der Waals surface area contributed by atoms with Gasteiger partial charge in [0, 0.05) is 18.4 Å². The van der Waals surface area contributed by atoms with E-state index in [1.165, 1.54) is 5.56 Å². The van der Waals surface area contributed by atoms with Crippen LogP contribution in [0.3, 0.4) is 0 Å². The number of benzene rings is 2. The van der Waals surface area contributed by atoms with E-state index in [1.807, 2.05) is 31.2 Å². The second kappa shape index (κ2) is 5.03. The number of rotatable bonds is 3. The van der Waals surface area contributed by atoms with Gasteiger partial charge in [0.05, 0.1) is 0 Å². The summed E-state index contributed by atoms with van der Waals surface area (Å²) >= 11 is 0. The minimum atomic E-state index is -0.124. The van der Waals surface area contributed by atoms with E-state index in [0.717, 1.165) is 28.9 Å². The largest absolute Gasteiger partial charge is 0.487 e. The molecule has 2 aromatic carbocycles. The van der Waals surface area contributed by atoms with Crippen LogP contribution in [-0.2, 0) is 6.42 Å². The standard InChI is InChI=1S/C19H20O2/c1-4-17(20)15-7-5-6-13(10-15)14-8-9-18-16(11-14)12-19(2,3)21-18/h5-11H,4,12H2,1-3H3. The Hall–Kier alpha value is -2.09. The summed E-state index contributed by atoms with van der Waals surface area (Å²) in [6.45, 7) is 6.10. The second-order valence-electron chi connectivity index (χ2n) is 6.22. The summed E-state index contributed by atoms with van der Waals surface area (Å²) in [5, 5.41) is 0. The van der Waals surface area contributed by atoms with Gasteiger partial charge < -0.3 is 4.74 Å². The smallest absolute Gasteiger partial charge is 0.162 e. The Labute approximate surface area is 125 Å². The molecule has 21 heavy (non-hydrogen) atoms. The fourth-order valence-electron chi connectivity index (χ4n) is 2.87. The molecular weight excluding hydrogens is 260 g/mol. The molecule has 0 saturated heterocycles.